The fourth-order valence-corrected chi connectivity index (χ4v) is 4.70. The zero-order chi connectivity index (χ0) is 14.5. The van der Waals surface area contributed by atoms with Crippen LogP contribution >= 0.6 is 11.8 Å². The highest BCUT2D eigenvalue weighted by atomic mass is 32.2. The second kappa shape index (κ2) is 4.68. The van der Waals surface area contributed by atoms with Gasteiger partial charge in [-0.3, -0.25) is 4.99 Å². The summed E-state index contributed by atoms with van der Waals surface area (Å²) in [6.45, 7) is 18.5. The summed E-state index contributed by atoms with van der Waals surface area (Å²) in [5.74, 6) is 0.768. The van der Waals surface area contributed by atoms with Gasteiger partial charge in [0, 0.05) is 11.8 Å². The van der Waals surface area contributed by atoms with Gasteiger partial charge in [-0.05, 0) is 28.6 Å². The Labute approximate surface area is 123 Å². The highest BCUT2D eigenvalue weighted by molar-refractivity contribution is 8.14. The van der Waals surface area contributed by atoms with Gasteiger partial charge in [0.15, 0.2) is 5.17 Å². The molecule has 1 aliphatic carbocycles. The molecule has 1 fully saturated rings. The molecule has 1 aliphatic heterocycles. The molecule has 2 rings (SSSR count). The van der Waals surface area contributed by atoms with Gasteiger partial charge < -0.3 is 5.32 Å². The first-order valence-corrected chi connectivity index (χ1v) is 8.37. The molecule has 0 amide bonds. The molecule has 3 heteroatoms. The van der Waals surface area contributed by atoms with Crippen molar-refractivity contribution in [2.45, 2.75) is 60.1 Å². The Hall–Kier alpha value is -0.180. The van der Waals surface area contributed by atoms with Crippen LogP contribution in [0.1, 0.15) is 54.9 Å². The van der Waals surface area contributed by atoms with E-state index >= 15 is 0 Å². The third-order valence-electron chi connectivity index (χ3n) is 5.33. The maximum absolute atomic E-state index is 4.67. The van der Waals surface area contributed by atoms with Crippen molar-refractivity contribution < 1.29 is 0 Å². The zero-order valence-corrected chi connectivity index (χ0v) is 14.4. The first-order chi connectivity index (χ1) is 8.54. The highest BCUT2D eigenvalue weighted by Gasteiger charge is 2.64. The summed E-state index contributed by atoms with van der Waals surface area (Å²) >= 11 is 1.95. The summed E-state index contributed by atoms with van der Waals surface area (Å²) in [7, 11) is 0. The van der Waals surface area contributed by atoms with Crippen LogP contribution in [0.25, 0.3) is 0 Å². The zero-order valence-electron chi connectivity index (χ0n) is 13.6. The molecule has 0 aromatic rings. The minimum atomic E-state index is 0.406. The molecule has 1 N–H and O–H groups in total. The van der Waals surface area contributed by atoms with E-state index in [1.807, 2.05) is 11.8 Å². The fraction of sp³-hybridized carbons (Fsp3) is 0.938. The molecule has 2 nitrogen and oxygen atoms in total. The fourth-order valence-electron chi connectivity index (χ4n) is 3.34. The van der Waals surface area contributed by atoms with Gasteiger partial charge in [-0.2, -0.15) is 0 Å². The van der Waals surface area contributed by atoms with Gasteiger partial charge in [0.2, 0.25) is 0 Å². The number of nitrogens with one attached hydrogen (secondary N) is 1. The summed E-state index contributed by atoms with van der Waals surface area (Å²) < 4.78 is 0. The minimum Gasteiger partial charge on any atom is -0.365 e. The van der Waals surface area contributed by atoms with Crippen LogP contribution in [0.4, 0.5) is 0 Å². The lowest BCUT2D eigenvalue weighted by atomic mass is 9.90. The van der Waals surface area contributed by atoms with Gasteiger partial charge in [-0.15, -0.1) is 0 Å². The van der Waals surface area contributed by atoms with E-state index in [-0.39, 0.29) is 0 Å². The average Bonchev–Trinajstić information content (AvgIpc) is 2.58. The Bertz CT molecular complexity index is 363. The van der Waals surface area contributed by atoms with Crippen LogP contribution in [0.3, 0.4) is 0 Å². The predicted molar refractivity (Wildman–Crippen MR) is 86.8 cm³/mol. The largest absolute Gasteiger partial charge is 0.365 e. The molecule has 0 aromatic heterocycles. The molecule has 0 spiro atoms. The monoisotopic (exact) mass is 282 g/mol. The molecule has 1 heterocycles. The number of hydrogen-bond acceptors (Lipinski definition) is 3. The molecule has 0 aromatic carbocycles. The van der Waals surface area contributed by atoms with Crippen molar-refractivity contribution in [1.29, 1.82) is 0 Å². The summed E-state index contributed by atoms with van der Waals surface area (Å²) in [6, 6.07) is 0. The molecular weight excluding hydrogens is 252 g/mol. The Morgan fingerprint density at radius 3 is 2.26 bits per heavy atom. The highest BCUT2D eigenvalue weighted by Crippen LogP contribution is 2.67. The second-order valence-electron chi connectivity index (χ2n) is 8.53. The van der Waals surface area contributed by atoms with Crippen molar-refractivity contribution in [3.8, 4) is 0 Å². The lowest BCUT2D eigenvalue weighted by molar-refractivity contribution is 0.375. The third-order valence-corrected chi connectivity index (χ3v) is 6.48. The molecule has 0 bridgehead atoms. The van der Waals surface area contributed by atoms with Crippen molar-refractivity contribution >= 4 is 16.9 Å². The van der Waals surface area contributed by atoms with E-state index in [0.717, 1.165) is 19.0 Å². The van der Waals surface area contributed by atoms with Crippen LogP contribution in [0.15, 0.2) is 4.99 Å². The van der Waals surface area contributed by atoms with Gasteiger partial charge in [-0.25, -0.2) is 0 Å². The quantitative estimate of drug-likeness (QED) is 0.840. The molecule has 1 saturated carbocycles. The normalized spacial score (nSPS) is 29.2. The van der Waals surface area contributed by atoms with Crippen LogP contribution in [-0.2, 0) is 0 Å². The predicted octanol–water partition coefficient (Wildman–Crippen LogP) is 4.17. The van der Waals surface area contributed by atoms with E-state index in [0.29, 0.717) is 21.5 Å². The van der Waals surface area contributed by atoms with E-state index in [1.54, 1.807) is 0 Å². The van der Waals surface area contributed by atoms with E-state index in [2.05, 4.69) is 58.8 Å². The first kappa shape index (κ1) is 15.2. The Kier molecular flexibility index (Phi) is 3.75. The molecular formula is C16H30N2S. The van der Waals surface area contributed by atoms with Crippen LogP contribution in [0.2, 0.25) is 0 Å². The number of nitrogens with zero attached hydrogens (tertiary/aromatic N) is 1. The summed E-state index contributed by atoms with van der Waals surface area (Å²) in [5.41, 5.74) is 1.34. The standard InChI is InChI=1S/C16H30N2S/c1-14(2,3)8-11-9-17-13(19-11)18-10-12-15(4,5)16(12,6)7/h11-12H,8-10H2,1-7H3,(H,17,18). The molecule has 0 saturated heterocycles. The minimum absolute atomic E-state index is 0.406. The summed E-state index contributed by atoms with van der Waals surface area (Å²) in [6.07, 6.45) is 1.24. The SMILES string of the molecule is CC(C)(C)CC1CN=C(NCC2C(C)(C)C2(C)C)S1. The van der Waals surface area contributed by atoms with Crippen LogP contribution in [0, 0.1) is 22.2 Å². The molecule has 1 atom stereocenters. The lowest BCUT2D eigenvalue weighted by Crippen LogP contribution is -2.24. The molecule has 0 radical (unpaired) electrons. The number of rotatable bonds is 3. The first-order valence-electron chi connectivity index (χ1n) is 7.49. The smallest absolute Gasteiger partial charge is 0.156 e. The molecule has 2 aliphatic rings. The maximum atomic E-state index is 4.67. The van der Waals surface area contributed by atoms with E-state index in [1.165, 1.54) is 11.6 Å². The van der Waals surface area contributed by atoms with Crippen molar-refractivity contribution in [3.05, 3.63) is 0 Å². The second-order valence-corrected chi connectivity index (χ2v) is 9.82. The summed E-state index contributed by atoms with van der Waals surface area (Å²) in [5, 5.41) is 5.43. The maximum Gasteiger partial charge on any atom is 0.156 e. The Balaban J connectivity index is 1.75. The Morgan fingerprint density at radius 1 is 1.21 bits per heavy atom. The van der Waals surface area contributed by atoms with Gasteiger partial charge in [-0.1, -0.05) is 60.2 Å². The number of thioether (sulfide) groups is 1. The number of amidine groups is 1. The lowest BCUT2D eigenvalue weighted by Gasteiger charge is -2.21. The van der Waals surface area contributed by atoms with Crippen LogP contribution in [-0.4, -0.2) is 23.5 Å². The van der Waals surface area contributed by atoms with E-state index in [4.69, 9.17) is 0 Å². The van der Waals surface area contributed by atoms with Crippen LogP contribution in [0.5, 0.6) is 0 Å². The van der Waals surface area contributed by atoms with E-state index < -0.39 is 0 Å². The molecule has 1 unspecified atom stereocenters. The molecule has 110 valence electrons. The van der Waals surface area contributed by atoms with Crippen molar-refractivity contribution in [3.63, 3.8) is 0 Å². The van der Waals surface area contributed by atoms with E-state index in [9.17, 15) is 0 Å². The number of hydrogen-bond donors (Lipinski definition) is 1. The van der Waals surface area contributed by atoms with Gasteiger partial charge in [0.05, 0.1) is 6.54 Å². The third kappa shape index (κ3) is 3.12. The van der Waals surface area contributed by atoms with Gasteiger partial charge in [0.1, 0.15) is 0 Å². The molecule has 19 heavy (non-hydrogen) atoms. The Morgan fingerprint density at radius 2 is 1.79 bits per heavy atom. The van der Waals surface area contributed by atoms with Crippen LogP contribution < -0.4 is 5.32 Å². The van der Waals surface area contributed by atoms with Gasteiger partial charge >= 0.3 is 0 Å². The van der Waals surface area contributed by atoms with Gasteiger partial charge in [0.25, 0.3) is 0 Å². The average molecular weight is 282 g/mol. The summed E-state index contributed by atoms with van der Waals surface area (Å²) in [4.78, 5) is 4.67. The topological polar surface area (TPSA) is 24.4 Å². The van der Waals surface area contributed by atoms with Crippen molar-refractivity contribution in [1.82, 2.24) is 5.32 Å². The van der Waals surface area contributed by atoms with Crippen molar-refractivity contribution in [2.24, 2.45) is 27.2 Å². The van der Waals surface area contributed by atoms with Crippen molar-refractivity contribution in [2.75, 3.05) is 13.1 Å². The number of aliphatic imine (C=N–C) groups is 1.